The molecule has 1 aromatic rings. The highest BCUT2D eigenvalue weighted by Crippen LogP contribution is 2.42. The van der Waals surface area contributed by atoms with E-state index in [2.05, 4.69) is 24.1 Å². The standard InChI is InChI=1S/C16H24N2O2S/c1-4-20-14-9-13(16(14,2)3)18-15(19)11-21-10-12-5-7-17-8-6-12/h5-8,13-14H,4,9-11H2,1-3H3,(H,18,19)/t13-,14+/m1/s1. The lowest BCUT2D eigenvalue weighted by Gasteiger charge is -2.51. The van der Waals surface area contributed by atoms with Gasteiger partial charge in [-0.1, -0.05) is 13.8 Å². The molecule has 1 N–H and O–H groups in total. The van der Waals surface area contributed by atoms with E-state index < -0.39 is 0 Å². The Morgan fingerprint density at radius 1 is 1.48 bits per heavy atom. The van der Waals surface area contributed by atoms with E-state index in [1.165, 1.54) is 5.56 Å². The first-order chi connectivity index (χ1) is 10.0. The molecule has 2 atom stereocenters. The Labute approximate surface area is 131 Å². The molecule has 1 fully saturated rings. The van der Waals surface area contributed by atoms with Crippen LogP contribution in [0.3, 0.4) is 0 Å². The SMILES string of the molecule is CCO[C@H]1C[C@@H](NC(=O)CSCc2ccncc2)C1(C)C. The van der Waals surface area contributed by atoms with Gasteiger partial charge in [-0.25, -0.2) is 0 Å². The number of pyridine rings is 1. The minimum Gasteiger partial charge on any atom is -0.378 e. The molecule has 0 spiro atoms. The molecule has 0 unspecified atom stereocenters. The summed E-state index contributed by atoms with van der Waals surface area (Å²) in [5.74, 6) is 1.45. The molecule has 1 aliphatic rings. The summed E-state index contributed by atoms with van der Waals surface area (Å²) in [5.41, 5.74) is 1.23. The first-order valence-corrected chi connectivity index (χ1v) is 8.57. The van der Waals surface area contributed by atoms with Crippen LogP contribution in [0.2, 0.25) is 0 Å². The van der Waals surface area contributed by atoms with Gasteiger partial charge in [0.1, 0.15) is 0 Å². The van der Waals surface area contributed by atoms with Crippen LogP contribution in [0.1, 0.15) is 32.8 Å². The largest absolute Gasteiger partial charge is 0.378 e. The highest BCUT2D eigenvalue weighted by atomic mass is 32.2. The van der Waals surface area contributed by atoms with Crippen LogP contribution in [-0.4, -0.2) is 35.4 Å². The van der Waals surface area contributed by atoms with Gasteiger partial charge >= 0.3 is 0 Å². The lowest BCUT2D eigenvalue weighted by atomic mass is 9.64. The predicted molar refractivity (Wildman–Crippen MR) is 86.1 cm³/mol. The van der Waals surface area contributed by atoms with Crippen LogP contribution in [0.5, 0.6) is 0 Å². The van der Waals surface area contributed by atoms with E-state index in [1.807, 2.05) is 19.1 Å². The highest BCUT2D eigenvalue weighted by Gasteiger charge is 2.49. The third-order valence-corrected chi connectivity index (χ3v) is 5.14. The number of aromatic nitrogens is 1. The van der Waals surface area contributed by atoms with Crippen molar-refractivity contribution in [3.8, 4) is 0 Å². The maximum absolute atomic E-state index is 12.0. The third kappa shape index (κ3) is 4.20. The van der Waals surface area contributed by atoms with Gasteiger partial charge in [-0.05, 0) is 31.0 Å². The summed E-state index contributed by atoms with van der Waals surface area (Å²) in [6, 6.07) is 4.18. The van der Waals surface area contributed by atoms with Crippen LogP contribution in [0.15, 0.2) is 24.5 Å². The summed E-state index contributed by atoms with van der Waals surface area (Å²) in [4.78, 5) is 16.0. The Bertz CT molecular complexity index is 465. The fourth-order valence-corrected chi connectivity index (χ4v) is 3.39. The zero-order chi connectivity index (χ0) is 15.3. The van der Waals surface area contributed by atoms with Crippen molar-refractivity contribution >= 4 is 17.7 Å². The van der Waals surface area contributed by atoms with Crippen LogP contribution < -0.4 is 5.32 Å². The third-order valence-electron chi connectivity index (χ3n) is 4.13. The molecule has 21 heavy (non-hydrogen) atoms. The first-order valence-electron chi connectivity index (χ1n) is 7.41. The quantitative estimate of drug-likeness (QED) is 0.841. The topological polar surface area (TPSA) is 51.2 Å². The number of hydrogen-bond acceptors (Lipinski definition) is 4. The molecule has 0 bridgehead atoms. The van der Waals surface area contributed by atoms with Gasteiger partial charge in [0.05, 0.1) is 11.9 Å². The van der Waals surface area contributed by atoms with Crippen LogP contribution >= 0.6 is 11.8 Å². The Hall–Kier alpha value is -1.07. The molecule has 4 nitrogen and oxygen atoms in total. The smallest absolute Gasteiger partial charge is 0.230 e. The van der Waals surface area contributed by atoms with E-state index in [1.54, 1.807) is 24.2 Å². The maximum Gasteiger partial charge on any atom is 0.230 e. The summed E-state index contributed by atoms with van der Waals surface area (Å²) in [6.07, 6.45) is 4.74. The summed E-state index contributed by atoms with van der Waals surface area (Å²) in [5, 5.41) is 3.13. The molecule has 1 heterocycles. The number of nitrogens with one attached hydrogen (secondary N) is 1. The molecule has 1 saturated carbocycles. The van der Waals surface area contributed by atoms with Crippen molar-refractivity contribution in [2.75, 3.05) is 12.4 Å². The van der Waals surface area contributed by atoms with Crippen molar-refractivity contribution < 1.29 is 9.53 Å². The first kappa shape index (κ1) is 16.3. The molecule has 2 rings (SSSR count). The van der Waals surface area contributed by atoms with E-state index in [9.17, 15) is 4.79 Å². The van der Waals surface area contributed by atoms with Crippen molar-refractivity contribution in [1.29, 1.82) is 0 Å². The van der Waals surface area contributed by atoms with E-state index >= 15 is 0 Å². The van der Waals surface area contributed by atoms with Crippen molar-refractivity contribution in [1.82, 2.24) is 10.3 Å². The minimum atomic E-state index is 0.0292. The van der Waals surface area contributed by atoms with Crippen molar-refractivity contribution in [2.45, 2.75) is 45.1 Å². The van der Waals surface area contributed by atoms with Crippen LogP contribution in [-0.2, 0) is 15.3 Å². The molecule has 0 aromatic carbocycles. The second-order valence-electron chi connectivity index (χ2n) is 5.97. The number of amides is 1. The number of carbonyl (C=O) groups is 1. The molecule has 0 aliphatic heterocycles. The zero-order valence-electron chi connectivity index (χ0n) is 13.0. The normalized spacial score (nSPS) is 23.4. The number of hydrogen-bond donors (Lipinski definition) is 1. The number of carbonyl (C=O) groups excluding carboxylic acids is 1. The second kappa shape index (κ2) is 7.27. The summed E-state index contributed by atoms with van der Waals surface area (Å²) in [6.45, 7) is 7.06. The molecule has 116 valence electrons. The second-order valence-corrected chi connectivity index (χ2v) is 6.96. The summed E-state index contributed by atoms with van der Waals surface area (Å²) in [7, 11) is 0. The summed E-state index contributed by atoms with van der Waals surface area (Å²) >= 11 is 1.63. The molecule has 5 heteroatoms. The highest BCUT2D eigenvalue weighted by molar-refractivity contribution is 7.99. The van der Waals surface area contributed by atoms with Gasteiger partial charge < -0.3 is 10.1 Å². The molecular formula is C16H24N2O2S. The maximum atomic E-state index is 12.0. The van der Waals surface area contributed by atoms with Crippen molar-refractivity contribution in [3.63, 3.8) is 0 Å². The van der Waals surface area contributed by atoms with Gasteiger partial charge in [0.15, 0.2) is 0 Å². The Morgan fingerprint density at radius 3 is 2.81 bits per heavy atom. The minimum absolute atomic E-state index is 0.0292. The van der Waals surface area contributed by atoms with Crippen LogP contribution in [0.4, 0.5) is 0 Å². The van der Waals surface area contributed by atoms with Gasteiger partial charge in [-0.3, -0.25) is 9.78 Å². The fourth-order valence-electron chi connectivity index (χ4n) is 2.59. The fraction of sp³-hybridized carbons (Fsp3) is 0.625. The number of rotatable bonds is 7. The Morgan fingerprint density at radius 2 is 2.19 bits per heavy atom. The number of nitrogens with zero attached hydrogens (tertiary/aromatic N) is 1. The van der Waals surface area contributed by atoms with E-state index in [4.69, 9.17) is 4.74 Å². The van der Waals surface area contributed by atoms with Gasteiger partial charge in [0.2, 0.25) is 5.91 Å². The summed E-state index contributed by atoms with van der Waals surface area (Å²) < 4.78 is 5.68. The Kier molecular flexibility index (Phi) is 5.65. The monoisotopic (exact) mass is 308 g/mol. The van der Waals surface area contributed by atoms with Gasteiger partial charge in [-0.15, -0.1) is 11.8 Å². The zero-order valence-corrected chi connectivity index (χ0v) is 13.8. The molecule has 1 aromatic heterocycles. The average molecular weight is 308 g/mol. The lowest BCUT2D eigenvalue weighted by molar-refractivity contribution is -0.134. The molecule has 0 saturated heterocycles. The van der Waals surface area contributed by atoms with E-state index in [0.717, 1.165) is 18.8 Å². The molecule has 0 radical (unpaired) electrons. The Balaban J connectivity index is 1.69. The van der Waals surface area contributed by atoms with E-state index in [0.29, 0.717) is 5.75 Å². The van der Waals surface area contributed by atoms with Gasteiger partial charge in [0.25, 0.3) is 0 Å². The van der Waals surface area contributed by atoms with Crippen LogP contribution in [0, 0.1) is 5.41 Å². The molecule has 1 amide bonds. The van der Waals surface area contributed by atoms with Crippen molar-refractivity contribution in [3.05, 3.63) is 30.1 Å². The van der Waals surface area contributed by atoms with Gasteiger partial charge in [0, 0.05) is 36.2 Å². The van der Waals surface area contributed by atoms with Gasteiger partial charge in [-0.2, -0.15) is 0 Å². The predicted octanol–water partition coefficient (Wildman–Crippen LogP) is 2.63. The van der Waals surface area contributed by atoms with Crippen LogP contribution in [0.25, 0.3) is 0 Å². The molecular weight excluding hydrogens is 284 g/mol. The average Bonchev–Trinajstić information content (AvgIpc) is 2.47. The lowest BCUT2D eigenvalue weighted by Crippen LogP contribution is -2.62. The number of ether oxygens (including phenoxy) is 1. The van der Waals surface area contributed by atoms with E-state index in [-0.39, 0.29) is 23.5 Å². The molecule has 1 aliphatic carbocycles. The van der Waals surface area contributed by atoms with Crippen molar-refractivity contribution in [2.24, 2.45) is 5.41 Å². The number of thioether (sulfide) groups is 1.